The molecule has 1 fully saturated rings. The van der Waals surface area contributed by atoms with E-state index in [1.807, 2.05) is 23.6 Å². The molecule has 2 heterocycles. The third-order valence-corrected chi connectivity index (χ3v) is 6.35. The summed E-state index contributed by atoms with van der Waals surface area (Å²) in [6.07, 6.45) is 2.04. The molecule has 5 nitrogen and oxygen atoms in total. The standard InChI is InChI=1S/C19H19N5S/c1-12(2)24-6-5-13-14(8-20)18(23)19(10-21,11-22)17(15(13)9-24)16-4-3-7-25-16/h3-5,7,12,14-15,17,23H,6,9H2,1-2H3/t14?,15-,17+/m0/s1. The van der Waals surface area contributed by atoms with E-state index in [0.717, 1.165) is 17.0 Å². The van der Waals surface area contributed by atoms with Gasteiger partial charge in [0.15, 0.2) is 5.41 Å². The molecule has 3 rings (SSSR count). The highest BCUT2D eigenvalue weighted by molar-refractivity contribution is 7.10. The third kappa shape index (κ3) is 2.48. The van der Waals surface area contributed by atoms with Crippen molar-refractivity contribution in [3.05, 3.63) is 34.0 Å². The summed E-state index contributed by atoms with van der Waals surface area (Å²) in [5.41, 5.74) is -0.754. The van der Waals surface area contributed by atoms with E-state index >= 15 is 0 Å². The van der Waals surface area contributed by atoms with E-state index in [0.29, 0.717) is 12.6 Å². The van der Waals surface area contributed by atoms with E-state index in [1.165, 1.54) is 11.3 Å². The molecule has 0 bridgehead atoms. The quantitative estimate of drug-likeness (QED) is 0.828. The zero-order valence-corrected chi connectivity index (χ0v) is 15.0. The van der Waals surface area contributed by atoms with Crippen molar-refractivity contribution < 1.29 is 0 Å². The molecule has 1 aliphatic heterocycles. The Morgan fingerprint density at radius 3 is 2.56 bits per heavy atom. The van der Waals surface area contributed by atoms with Gasteiger partial charge < -0.3 is 5.41 Å². The Morgan fingerprint density at radius 1 is 1.32 bits per heavy atom. The highest BCUT2D eigenvalue weighted by Crippen LogP contribution is 2.54. The number of rotatable bonds is 2. The third-order valence-electron chi connectivity index (χ3n) is 5.40. The Hall–Kier alpha value is -2.46. The summed E-state index contributed by atoms with van der Waals surface area (Å²) < 4.78 is 0. The monoisotopic (exact) mass is 349 g/mol. The Morgan fingerprint density at radius 2 is 2.04 bits per heavy atom. The first-order valence-corrected chi connectivity index (χ1v) is 9.16. The van der Waals surface area contributed by atoms with Crippen LogP contribution in [0.15, 0.2) is 29.2 Å². The van der Waals surface area contributed by atoms with Gasteiger partial charge in [-0.2, -0.15) is 15.8 Å². The summed E-state index contributed by atoms with van der Waals surface area (Å²) in [6, 6.07) is 10.6. The van der Waals surface area contributed by atoms with Crippen LogP contribution in [-0.2, 0) is 0 Å². The Kier molecular flexibility index (Phi) is 4.48. The smallest absolute Gasteiger partial charge is 0.190 e. The molecule has 0 saturated heterocycles. The summed E-state index contributed by atoms with van der Waals surface area (Å²) in [7, 11) is 0. The van der Waals surface area contributed by atoms with Crippen molar-refractivity contribution in [1.82, 2.24) is 4.90 Å². The summed E-state index contributed by atoms with van der Waals surface area (Å²) in [5.74, 6) is -1.30. The lowest BCUT2D eigenvalue weighted by molar-refractivity contribution is 0.172. The van der Waals surface area contributed by atoms with Gasteiger partial charge in [0.1, 0.15) is 5.92 Å². The fourth-order valence-electron chi connectivity index (χ4n) is 4.03. The van der Waals surface area contributed by atoms with Gasteiger partial charge in [-0.25, -0.2) is 0 Å². The number of nitriles is 3. The zero-order valence-electron chi connectivity index (χ0n) is 14.2. The second-order valence-corrected chi connectivity index (χ2v) is 7.84. The molecule has 3 atom stereocenters. The first-order chi connectivity index (χ1) is 12.0. The molecule has 1 N–H and O–H groups in total. The molecule has 1 saturated carbocycles. The van der Waals surface area contributed by atoms with Gasteiger partial charge >= 0.3 is 0 Å². The van der Waals surface area contributed by atoms with Gasteiger partial charge in [0.25, 0.3) is 0 Å². The van der Waals surface area contributed by atoms with E-state index in [1.54, 1.807) is 0 Å². The molecule has 25 heavy (non-hydrogen) atoms. The molecular weight excluding hydrogens is 330 g/mol. The van der Waals surface area contributed by atoms with Crippen LogP contribution in [0.4, 0.5) is 0 Å². The number of fused-ring (bicyclic) bond motifs is 1. The van der Waals surface area contributed by atoms with Crippen LogP contribution in [0.2, 0.25) is 0 Å². The van der Waals surface area contributed by atoms with Gasteiger partial charge in [0.05, 0.1) is 23.9 Å². The van der Waals surface area contributed by atoms with E-state index < -0.39 is 17.3 Å². The molecule has 126 valence electrons. The van der Waals surface area contributed by atoms with Crippen LogP contribution in [0, 0.1) is 56.7 Å². The summed E-state index contributed by atoms with van der Waals surface area (Å²) >= 11 is 1.51. The molecule has 0 amide bonds. The summed E-state index contributed by atoms with van der Waals surface area (Å²) in [5, 5.41) is 39.9. The van der Waals surface area contributed by atoms with Gasteiger partial charge in [-0.05, 0) is 30.9 Å². The lowest BCUT2D eigenvalue weighted by Crippen LogP contribution is -2.53. The average Bonchev–Trinajstić information content (AvgIpc) is 3.14. The number of nitrogens with one attached hydrogen (secondary N) is 1. The Labute approximate surface area is 151 Å². The van der Waals surface area contributed by atoms with Crippen LogP contribution < -0.4 is 0 Å². The van der Waals surface area contributed by atoms with Gasteiger partial charge in [0, 0.05) is 35.8 Å². The van der Waals surface area contributed by atoms with Crippen molar-refractivity contribution in [3.8, 4) is 18.2 Å². The SMILES string of the molecule is CC(C)N1CC=C2C(C#N)C(=N)C(C#N)(C#N)[C@@H](c3cccs3)[C@H]2C1. The number of hydrogen-bond acceptors (Lipinski definition) is 6. The Bertz CT molecular complexity index is 817. The fraction of sp³-hybridized carbons (Fsp3) is 0.474. The highest BCUT2D eigenvalue weighted by atomic mass is 32.1. The molecule has 1 aromatic heterocycles. The minimum atomic E-state index is -1.59. The van der Waals surface area contributed by atoms with Crippen molar-refractivity contribution in [2.45, 2.75) is 25.8 Å². The average molecular weight is 349 g/mol. The van der Waals surface area contributed by atoms with Crippen LogP contribution in [0.25, 0.3) is 0 Å². The van der Waals surface area contributed by atoms with Crippen LogP contribution in [0.1, 0.15) is 24.6 Å². The minimum absolute atomic E-state index is 0.0705. The topological polar surface area (TPSA) is 98.5 Å². The second-order valence-electron chi connectivity index (χ2n) is 6.86. The lowest BCUT2D eigenvalue weighted by Gasteiger charge is -2.48. The maximum atomic E-state index is 9.91. The summed E-state index contributed by atoms with van der Waals surface area (Å²) in [6.45, 7) is 5.67. The molecule has 0 spiro atoms. The largest absolute Gasteiger partial charge is 0.305 e. The molecular formula is C19H19N5S. The molecule has 6 heteroatoms. The predicted molar refractivity (Wildman–Crippen MR) is 95.8 cm³/mol. The van der Waals surface area contributed by atoms with Gasteiger partial charge in [-0.15, -0.1) is 11.3 Å². The van der Waals surface area contributed by atoms with Crippen molar-refractivity contribution in [1.29, 1.82) is 21.2 Å². The number of thiophene rings is 1. The van der Waals surface area contributed by atoms with E-state index in [4.69, 9.17) is 5.41 Å². The van der Waals surface area contributed by atoms with Gasteiger partial charge in [-0.3, -0.25) is 4.90 Å². The van der Waals surface area contributed by atoms with Crippen LogP contribution >= 0.6 is 11.3 Å². The van der Waals surface area contributed by atoms with Gasteiger partial charge in [0.2, 0.25) is 0 Å². The van der Waals surface area contributed by atoms with Crippen molar-refractivity contribution in [2.24, 2.45) is 17.3 Å². The highest BCUT2D eigenvalue weighted by Gasteiger charge is 2.58. The number of nitrogens with zero attached hydrogens (tertiary/aromatic N) is 4. The Balaban J connectivity index is 2.21. The number of hydrogen-bond donors (Lipinski definition) is 1. The van der Waals surface area contributed by atoms with Crippen molar-refractivity contribution in [2.75, 3.05) is 13.1 Å². The first-order valence-electron chi connectivity index (χ1n) is 8.28. The molecule has 0 aromatic carbocycles. The second kappa shape index (κ2) is 6.45. The molecule has 1 unspecified atom stereocenters. The first kappa shape index (κ1) is 17.4. The minimum Gasteiger partial charge on any atom is -0.305 e. The lowest BCUT2D eigenvalue weighted by atomic mass is 9.55. The van der Waals surface area contributed by atoms with Crippen LogP contribution in [0.5, 0.6) is 0 Å². The van der Waals surface area contributed by atoms with Crippen molar-refractivity contribution >= 4 is 17.0 Å². The maximum Gasteiger partial charge on any atom is 0.190 e. The maximum absolute atomic E-state index is 9.91. The normalized spacial score (nSPS) is 28.4. The summed E-state index contributed by atoms with van der Waals surface area (Å²) in [4.78, 5) is 3.23. The predicted octanol–water partition coefficient (Wildman–Crippen LogP) is 3.31. The zero-order chi connectivity index (χ0) is 18.2. The van der Waals surface area contributed by atoms with Crippen molar-refractivity contribution in [3.63, 3.8) is 0 Å². The van der Waals surface area contributed by atoms with E-state index in [-0.39, 0.29) is 11.6 Å². The van der Waals surface area contributed by atoms with Gasteiger partial charge in [-0.1, -0.05) is 12.1 Å². The van der Waals surface area contributed by atoms with Crippen LogP contribution in [-0.4, -0.2) is 29.7 Å². The van der Waals surface area contributed by atoms with Crippen LogP contribution in [0.3, 0.4) is 0 Å². The van der Waals surface area contributed by atoms with E-state index in [9.17, 15) is 15.8 Å². The molecule has 2 aliphatic rings. The molecule has 1 aromatic rings. The molecule has 0 radical (unpaired) electrons. The van der Waals surface area contributed by atoms with E-state index in [2.05, 4.69) is 37.0 Å². The molecule has 1 aliphatic carbocycles. The fourth-order valence-corrected chi connectivity index (χ4v) is 4.98.